The Balaban J connectivity index is 1.64. The molecule has 0 aliphatic heterocycles. The molecule has 5 nitrogen and oxygen atoms in total. The fourth-order valence-electron chi connectivity index (χ4n) is 2.37. The van der Waals surface area contributed by atoms with Gasteiger partial charge in [0.05, 0.1) is 17.3 Å². The summed E-state index contributed by atoms with van der Waals surface area (Å²) < 4.78 is 2.88. The number of benzene rings is 1. The predicted molar refractivity (Wildman–Crippen MR) is 96.3 cm³/mol. The van der Waals surface area contributed by atoms with E-state index in [1.54, 1.807) is 28.4 Å². The van der Waals surface area contributed by atoms with E-state index in [0.29, 0.717) is 5.56 Å². The van der Waals surface area contributed by atoms with Crippen LogP contribution in [0.4, 0.5) is 0 Å². The van der Waals surface area contributed by atoms with Gasteiger partial charge in [0.25, 0.3) is 5.91 Å². The van der Waals surface area contributed by atoms with Gasteiger partial charge < -0.3 is 10.4 Å². The summed E-state index contributed by atoms with van der Waals surface area (Å²) >= 11 is 1.54. The van der Waals surface area contributed by atoms with Crippen molar-refractivity contribution in [2.24, 2.45) is 0 Å². The minimum absolute atomic E-state index is 0.172. The minimum Gasteiger partial charge on any atom is -0.386 e. The van der Waals surface area contributed by atoms with E-state index < -0.39 is 6.10 Å². The second-order valence-corrected chi connectivity index (χ2v) is 7.87. The van der Waals surface area contributed by atoms with Crippen LogP contribution in [-0.4, -0.2) is 27.3 Å². The maximum absolute atomic E-state index is 12.2. The smallest absolute Gasteiger partial charge is 0.254 e. The van der Waals surface area contributed by atoms with E-state index in [9.17, 15) is 9.90 Å². The Labute approximate surface area is 144 Å². The summed E-state index contributed by atoms with van der Waals surface area (Å²) in [5.74, 6) is -0.231. The van der Waals surface area contributed by atoms with Crippen molar-refractivity contribution in [2.45, 2.75) is 32.4 Å². The lowest BCUT2D eigenvalue weighted by Crippen LogP contribution is -2.28. The number of aliphatic hydroxyl groups is 1. The highest BCUT2D eigenvalue weighted by Gasteiger charge is 2.18. The van der Waals surface area contributed by atoms with E-state index in [-0.39, 0.29) is 18.0 Å². The first-order valence-corrected chi connectivity index (χ1v) is 8.66. The highest BCUT2D eigenvalue weighted by Crippen LogP contribution is 2.29. The molecule has 3 rings (SSSR count). The van der Waals surface area contributed by atoms with Crippen LogP contribution < -0.4 is 5.32 Å². The summed E-state index contributed by atoms with van der Waals surface area (Å²) in [5.41, 5.74) is 0.322. The van der Waals surface area contributed by atoms with Crippen molar-refractivity contribution in [3.8, 4) is 0 Å². The zero-order chi connectivity index (χ0) is 17.3. The molecule has 0 spiro atoms. The van der Waals surface area contributed by atoms with Crippen molar-refractivity contribution in [1.29, 1.82) is 0 Å². The Hall–Kier alpha value is -2.18. The SMILES string of the molecule is CC(C)(C)n1cc(C(=O)NCC(O)c2cc3ccccc3s2)cn1. The van der Waals surface area contributed by atoms with Gasteiger partial charge in [-0.15, -0.1) is 11.3 Å². The number of aromatic nitrogens is 2. The zero-order valence-electron chi connectivity index (χ0n) is 14.0. The van der Waals surface area contributed by atoms with Crippen LogP contribution >= 0.6 is 11.3 Å². The molecule has 0 bridgehead atoms. The molecule has 3 aromatic rings. The number of carbonyl (C=O) groups excluding carboxylic acids is 1. The first-order chi connectivity index (χ1) is 11.3. The highest BCUT2D eigenvalue weighted by molar-refractivity contribution is 7.19. The predicted octanol–water partition coefficient (Wildman–Crippen LogP) is 3.32. The van der Waals surface area contributed by atoms with Gasteiger partial charge in [-0.1, -0.05) is 18.2 Å². The third kappa shape index (κ3) is 3.49. The normalized spacial score (nSPS) is 13.2. The Morgan fingerprint density at radius 1 is 1.38 bits per heavy atom. The molecule has 0 aliphatic rings. The lowest BCUT2D eigenvalue weighted by Gasteiger charge is -2.18. The average molecular weight is 343 g/mol. The van der Waals surface area contributed by atoms with Crippen molar-refractivity contribution >= 4 is 27.3 Å². The standard InChI is InChI=1S/C18H21N3O2S/c1-18(2,3)21-11-13(9-20-21)17(23)19-10-14(22)16-8-12-6-4-5-7-15(12)24-16/h4-9,11,14,22H,10H2,1-3H3,(H,19,23). The number of hydrogen-bond donors (Lipinski definition) is 2. The van der Waals surface area contributed by atoms with Crippen LogP contribution in [-0.2, 0) is 5.54 Å². The molecule has 0 radical (unpaired) electrons. The van der Waals surface area contributed by atoms with E-state index in [2.05, 4.69) is 10.4 Å². The number of nitrogens with zero attached hydrogens (tertiary/aromatic N) is 2. The van der Waals surface area contributed by atoms with E-state index in [4.69, 9.17) is 0 Å². The molecule has 1 atom stereocenters. The lowest BCUT2D eigenvalue weighted by molar-refractivity contribution is 0.0918. The van der Waals surface area contributed by atoms with Gasteiger partial charge in [0.2, 0.25) is 0 Å². The third-order valence-corrected chi connectivity index (χ3v) is 4.98. The average Bonchev–Trinajstić information content (AvgIpc) is 3.18. The fourth-order valence-corrected chi connectivity index (χ4v) is 3.42. The topological polar surface area (TPSA) is 67.2 Å². The molecule has 6 heteroatoms. The number of carbonyl (C=O) groups is 1. The summed E-state index contributed by atoms with van der Waals surface area (Å²) in [5, 5.41) is 18.4. The molecule has 2 aromatic heterocycles. The van der Waals surface area contributed by atoms with Gasteiger partial charge in [0.1, 0.15) is 6.10 Å². The van der Waals surface area contributed by atoms with Gasteiger partial charge in [-0.25, -0.2) is 0 Å². The van der Waals surface area contributed by atoms with Crippen molar-refractivity contribution < 1.29 is 9.90 Å². The molecule has 2 N–H and O–H groups in total. The first-order valence-electron chi connectivity index (χ1n) is 7.84. The molecule has 0 aliphatic carbocycles. The van der Waals surface area contributed by atoms with Crippen LogP contribution in [0.15, 0.2) is 42.7 Å². The molecular weight excluding hydrogens is 322 g/mol. The molecule has 126 valence electrons. The Bertz CT molecular complexity index is 827. The number of aliphatic hydroxyl groups excluding tert-OH is 1. The van der Waals surface area contributed by atoms with Crippen LogP contribution in [0.5, 0.6) is 0 Å². The summed E-state index contributed by atoms with van der Waals surface area (Å²) in [6.45, 7) is 6.24. The van der Waals surface area contributed by atoms with E-state index in [0.717, 1.165) is 15.0 Å². The van der Waals surface area contributed by atoms with Crippen molar-refractivity contribution in [1.82, 2.24) is 15.1 Å². The number of amides is 1. The van der Waals surface area contributed by atoms with Crippen LogP contribution in [0, 0.1) is 0 Å². The second-order valence-electron chi connectivity index (χ2n) is 6.76. The van der Waals surface area contributed by atoms with Crippen molar-refractivity contribution in [3.63, 3.8) is 0 Å². The molecule has 0 fully saturated rings. The Morgan fingerprint density at radius 2 is 2.12 bits per heavy atom. The molecule has 2 heterocycles. The number of nitrogens with one attached hydrogen (secondary N) is 1. The highest BCUT2D eigenvalue weighted by atomic mass is 32.1. The minimum atomic E-state index is -0.719. The summed E-state index contributed by atoms with van der Waals surface area (Å²) in [7, 11) is 0. The summed E-state index contributed by atoms with van der Waals surface area (Å²) in [4.78, 5) is 13.1. The van der Waals surface area contributed by atoms with Gasteiger partial charge in [-0.05, 0) is 38.3 Å². The van der Waals surface area contributed by atoms with Crippen LogP contribution in [0.3, 0.4) is 0 Å². The number of rotatable bonds is 4. The molecule has 1 aromatic carbocycles. The Morgan fingerprint density at radius 3 is 2.79 bits per heavy atom. The van der Waals surface area contributed by atoms with Crippen LogP contribution in [0.1, 0.15) is 42.1 Å². The first kappa shape index (κ1) is 16.7. The quantitative estimate of drug-likeness (QED) is 0.764. The van der Waals surface area contributed by atoms with E-state index in [1.807, 2.05) is 51.1 Å². The van der Waals surface area contributed by atoms with Gasteiger partial charge in [-0.2, -0.15) is 5.10 Å². The monoisotopic (exact) mass is 343 g/mol. The van der Waals surface area contributed by atoms with Crippen molar-refractivity contribution in [3.05, 3.63) is 53.2 Å². The molecule has 0 saturated heterocycles. The van der Waals surface area contributed by atoms with Gasteiger partial charge in [0.15, 0.2) is 0 Å². The van der Waals surface area contributed by atoms with E-state index >= 15 is 0 Å². The summed E-state index contributed by atoms with van der Waals surface area (Å²) in [6.07, 6.45) is 2.55. The number of fused-ring (bicyclic) bond motifs is 1. The second kappa shape index (κ2) is 6.37. The maximum atomic E-state index is 12.2. The maximum Gasteiger partial charge on any atom is 0.254 e. The number of hydrogen-bond acceptors (Lipinski definition) is 4. The zero-order valence-corrected chi connectivity index (χ0v) is 14.8. The van der Waals surface area contributed by atoms with Gasteiger partial charge in [0, 0.05) is 22.3 Å². The largest absolute Gasteiger partial charge is 0.386 e. The number of thiophene rings is 1. The van der Waals surface area contributed by atoms with E-state index in [1.165, 1.54) is 0 Å². The van der Waals surface area contributed by atoms with Crippen molar-refractivity contribution in [2.75, 3.05) is 6.54 Å². The van der Waals surface area contributed by atoms with Gasteiger partial charge in [-0.3, -0.25) is 9.48 Å². The molecule has 1 unspecified atom stereocenters. The fraction of sp³-hybridized carbons (Fsp3) is 0.333. The summed E-state index contributed by atoms with van der Waals surface area (Å²) in [6, 6.07) is 9.95. The van der Waals surface area contributed by atoms with Crippen LogP contribution in [0.2, 0.25) is 0 Å². The van der Waals surface area contributed by atoms with Gasteiger partial charge >= 0.3 is 0 Å². The Kier molecular flexibility index (Phi) is 4.43. The molecule has 0 saturated carbocycles. The third-order valence-electron chi connectivity index (χ3n) is 3.76. The molecule has 1 amide bonds. The molecule has 24 heavy (non-hydrogen) atoms. The molecular formula is C18H21N3O2S. The lowest BCUT2D eigenvalue weighted by atomic mass is 10.1. The van der Waals surface area contributed by atoms with Crippen LogP contribution in [0.25, 0.3) is 10.1 Å².